The van der Waals surface area contributed by atoms with Gasteiger partial charge in [-0.15, -0.1) is 11.8 Å². The van der Waals surface area contributed by atoms with Gasteiger partial charge in [0.05, 0.1) is 23.3 Å². The summed E-state index contributed by atoms with van der Waals surface area (Å²) in [6.45, 7) is 4.68. The van der Waals surface area contributed by atoms with E-state index in [-0.39, 0.29) is 17.3 Å². The lowest BCUT2D eigenvalue weighted by Gasteiger charge is -2.36. The van der Waals surface area contributed by atoms with Gasteiger partial charge in [-0.05, 0) is 24.9 Å². The summed E-state index contributed by atoms with van der Waals surface area (Å²) in [5.41, 5.74) is 2.30. The third kappa shape index (κ3) is 4.90. The monoisotopic (exact) mass is 397 g/mol. The van der Waals surface area contributed by atoms with Gasteiger partial charge >= 0.3 is 0 Å². The second-order valence-electron chi connectivity index (χ2n) is 7.32. The molecule has 2 aromatic rings. The number of aromatic nitrogens is 2. The van der Waals surface area contributed by atoms with Crippen molar-refractivity contribution in [2.24, 2.45) is 0 Å². The third-order valence-electron chi connectivity index (χ3n) is 5.40. The molecule has 1 amide bonds. The number of piperazine rings is 1. The number of benzene rings is 1. The van der Waals surface area contributed by atoms with E-state index in [1.54, 1.807) is 30.4 Å². The zero-order chi connectivity index (χ0) is 19.2. The molecule has 7 heteroatoms. The largest absolute Gasteiger partial charge is 0.339 e. The second kappa shape index (κ2) is 9.49. The summed E-state index contributed by atoms with van der Waals surface area (Å²) in [6, 6.07) is 10.5. The molecule has 0 saturated carbocycles. The smallest absolute Gasteiger partial charge is 0.240 e. The number of nitrogens with zero attached hydrogens (tertiary/aromatic N) is 4. The molecule has 148 valence electrons. The Labute approximate surface area is 170 Å². The Bertz CT molecular complexity index is 752. The first-order chi connectivity index (χ1) is 13.8. The number of nitrogens with one attached hydrogen (secondary N) is 1. The maximum Gasteiger partial charge on any atom is 0.240 e. The van der Waals surface area contributed by atoms with Gasteiger partial charge in [0.2, 0.25) is 5.91 Å². The zero-order valence-corrected chi connectivity index (χ0v) is 16.9. The van der Waals surface area contributed by atoms with Crippen molar-refractivity contribution < 1.29 is 4.79 Å². The molecule has 0 spiro atoms. The molecule has 2 unspecified atom stereocenters. The predicted molar refractivity (Wildman–Crippen MR) is 112 cm³/mol. The topological polar surface area (TPSA) is 61.4 Å². The van der Waals surface area contributed by atoms with Crippen LogP contribution in [-0.2, 0) is 11.2 Å². The molecule has 2 fully saturated rings. The van der Waals surface area contributed by atoms with E-state index in [0.29, 0.717) is 0 Å². The lowest BCUT2D eigenvalue weighted by Crippen LogP contribution is -2.53. The maximum atomic E-state index is 12.9. The Morgan fingerprint density at radius 2 is 1.96 bits per heavy atom. The van der Waals surface area contributed by atoms with Crippen LogP contribution in [0, 0.1) is 0 Å². The van der Waals surface area contributed by atoms with Crippen LogP contribution in [0.5, 0.6) is 0 Å². The highest BCUT2D eigenvalue weighted by Crippen LogP contribution is 2.31. The number of amides is 1. The van der Waals surface area contributed by atoms with Crippen molar-refractivity contribution in [3.05, 3.63) is 60.2 Å². The Kier molecular flexibility index (Phi) is 6.57. The van der Waals surface area contributed by atoms with Crippen molar-refractivity contribution in [1.82, 2.24) is 25.1 Å². The minimum atomic E-state index is -0.123. The standard InChI is InChI=1S/C21H27N5OS/c27-21(19-16-28-20(24-19)18-15-22-8-9-23-18)26-13-11-25(12-14-26)10-4-7-17-5-2-1-3-6-17/h1-3,5-6,8-9,15,19-20,24H,4,7,10-14,16H2. The number of hydrogen-bond acceptors (Lipinski definition) is 6. The molecule has 0 bridgehead atoms. The van der Waals surface area contributed by atoms with E-state index in [0.717, 1.165) is 50.6 Å². The summed E-state index contributed by atoms with van der Waals surface area (Å²) in [5.74, 6) is 1.01. The van der Waals surface area contributed by atoms with E-state index in [2.05, 4.69) is 50.5 Å². The molecular formula is C21H27N5OS. The van der Waals surface area contributed by atoms with Crippen molar-refractivity contribution >= 4 is 17.7 Å². The first-order valence-electron chi connectivity index (χ1n) is 9.98. The average Bonchev–Trinajstić information content (AvgIpc) is 3.25. The molecular weight excluding hydrogens is 370 g/mol. The Morgan fingerprint density at radius 3 is 2.71 bits per heavy atom. The van der Waals surface area contributed by atoms with Crippen LogP contribution in [0.4, 0.5) is 0 Å². The van der Waals surface area contributed by atoms with Crippen molar-refractivity contribution in [3.8, 4) is 0 Å². The molecule has 0 radical (unpaired) electrons. The highest BCUT2D eigenvalue weighted by Gasteiger charge is 2.34. The van der Waals surface area contributed by atoms with Crippen molar-refractivity contribution in [2.45, 2.75) is 24.3 Å². The van der Waals surface area contributed by atoms with Gasteiger partial charge in [0.1, 0.15) is 0 Å². The molecule has 2 saturated heterocycles. The van der Waals surface area contributed by atoms with Gasteiger partial charge in [-0.1, -0.05) is 30.3 Å². The van der Waals surface area contributed by atoms with Crippen LogP contribution in [0.1, 0.15) is 23.1 Å². The van der Waals surface area contributed by atoms with Crippen LogP contribution in [0.25, 0.3) is 0 Å². The molecule has 1 N–H and O–H groups in total. The van der Waals surface area contributed by atoms with Gasteiger partial charge in [0, 0.05) is 44.3 Å². The Morgan fingerprint density at radius 1 is 1.14 bits per heavy atom. The molecule has 2 atom stereocenters. The van der Waals surface area contributed by atoms with E-state index in [9.17, 15) is 4.79 Å². The molecule has 28 heavy (non-hydrogen) atoms. The molecule has 2 aliphatic rings. The average molecular weight is 398 g/mol. The number of hydrogen-bond donors (Lipinski definition) is 1. The quantitative estimate of drug-likeness (QED) is 0.804. The van der Waals surface area contributed by atoms with Crippen LogP contribution in [-0.4, -0.2) is 70.2 Å². The second-order valence-corrected chi connectivity index (χ2v) is 8.46. The van der Waals surface area contributed by atoms with E-state index in [1.165, 1.54) is 12.0 Å². The molecule has 1 aromatic carbocycles. The fourth-order valence-corrected chi connectivity index (χ4v) is 4.97. The lowest BCUT2D eigenvalue weighted by atomic mass is 10.1. The van der Waals surface area contributed by atoms with E-state index < -0.39 is 0 Å². The van der Waals surface area contributed by atoms with Crippen molar-refractivity contribution in [3.63, 3.8) is 0 Å². The van der Waals surface area contributed by atoms with E-state index in [1.807, 2.05) is 4.90 Å². The highest BCUT2D eigenvalue weighted by atomic mass is 32.2. The van der Waals surface area contributed by atoms with Crippen LogP contribution in [0.15, 0.2) is 48.9 Å². The molecule has 4 rings (SSSR count). The predicted octanol–water partition coefficient (Wildman–Crippen LogP) is 1.96. The first-order valence-corrected chi connectivity index (χ1v) is 11.0. The molecule has 2 aliphatic heterocycles. The van der Waals surface area contributed by atoms with Crippen molar-refractivity contribution in [2.75, 3.05) is 38.5 Å². The van der Waals surface area contributed by atoms with Gasteiger partial charge < -0.3 is 4.90 Å². The summed E-state index contributed by atoms with van der Waals surface area (Å²) in [7, 11) is 0. The van der Waals surface area contributed by atoms with Gasteiger partial charge in [-0.25, -0.2) is 0 Å². The highest BCUT2D eigenvalue weighted by molar-refractivity contribution is 7.99. The van der Waals surface area contributed by atoms with Gasteiger partial charge in [0.15, 0.2) is 0 Å². The zero-order valence-electron chi connectivity index (χ0n) is 16.0. The Balaban J connectivity index is 1.19. The molecule has 1 aromatic heterocycles. The number of aryl methyl sites for hydroxylation is 1. The summed E-state index contributed by atoms with van der Waals surface area (Å²) in [4.78, 5) is 25.8. The Hall–Kier alpha value is -1.96. The SMILES string of the molecule is O=C(C1CSC(c2cnccn2)N1)N1CCN(CCCc2ccccc2)CC1. The van der Waals surface area contributed by atoms with Crippen LogP contribution in [0.3, 0.4) is 0 Å². The summed E-state index contributed by atoms with van der Waals surface area (Å²) in [5, 5.41) is 3.48. The van der Waals surface area contributed by atoms with Crippen molar-refractivity contribution in [1.29, 1.82) is 0 Å². The van der Waals surface area contributed by atoms with Crippen LogP contribution >= 0.6 is 11.8 Å². The molecule has 0 aliphatic carbocycles. The van der Waals surface area contributed by atoms with Crippen LogP contribution < -0.4 is 5.32 Å². The normalized spacial score (nSPS) is 23.1. The summed E-state index contributed by atoms with van der Waals surface area (Å²) in [6.07, 6.45) is 7.42. The van der Waals surface area contributed by atoms with Gasteiger partial charge in [-0.2, -0.15) is 0 Å². The number of rotatable bonds is 6. The van der Waals surface area contributed by atoms with E-state index in [4.69, 9.17) is 0 Å². The number of carbonyl (C=O) groups excluding carboxylic acids is 1. The van der Waals surface area contributed by atoms with Crippen LogP contribution in [0.2, 0.25) is 0 Å². The first kappa shape index (κ1) is 19.4. The summed E-state index contributed by atoms with van der Waals surface area (Å²) < 4.78 is 0. The fourth-order valence-electron chi connectivity index (χ4n) is 3.79. The molecule has 3 heterocycles. The number of thioether (sulfide) groups is 1. The summed E-state index contributed by atoms with van der Waals surface area (Å²) >= 11 is 1.73. The van der Waals surface area contributed by atoms with E-state index >= 15 is 0 Å². The lowest BCUT2D eigenvalue weighted by molar-refractivity contribution is -0.134. The van der Waals surface area contributed by atoms with Gasteiger partial charge in [0.25, 0.3) is 0 Å². The van der Waals surface area contributed by atoms with Gasteiger partial charge in [-0.3, -0.25) is 25.0 Å². The molecule has 6 nitrogen and oxygen atoms in total. The minimum absolute atomic E-state index is 0.0573. The fraction of sp³-hybridized carbons (Fsp3) is 0.476. The minimum Gasteiger partial charge on any atom is -0.339 e. The number of carbonyl (C=O) groups is 1. The maximum absolute atomic E-state index is 12.9. The third-order valence-corrected chi connectivity index (χ3v) is 6.64.